The van der Waals surface area contributed by atoms with E-state index in [4.69, 9.17) is 0 Å². The molecule has 0 aliphatic heterocycles. The molecule has 59 valence electrons. The van der Waals surface area contributed by atoms with E-state index in [-0.39, 0.29) is 0 Å². The Labute approximate surface area is 85.6 Å². The molecule has 0 aromatic rings. The van der Waals surface area contributed by atoms with Crippen molar-refractivity contribution in [2.45, 2.75) is 32.1 Å². The van der Waals surface area contributed by atoms with Crippen LogP contribution in [0.3, 0.4) is 0 Å². The van der Waals surface area contributed by atoms with Crippen LogP contribution in [0.4, 0.5) is 0 Å². The Morgan fingerprint density at radius 3 is 2.45 bits per heavy atom. The van der Waals surface area contributed by atoms with Gasteiger partial charge in [-0.05, 0) is 0 Å². The summed E-state index contributed by atoms with van der Waals surface area (Å²) in [6.07, 6.45) is 5.87. The van der Waals surface area contributed by atoms with E-state index in [2.05, 4.69) is 31.8 Å². The zero-order chi connectivity index (χ0) is 8.48. The van der Waals surface area contributed by atoms with Gasteiger partial charge in [-0.2, -0.15) is 0 Å². The summed E-state index contributed by atoms with van der Waals surface area (Å²) < 4.78 is 1.68. The van der Waals surface area contributed by atoms with Crippen molar-refractivity contribution in [1.29, 1.82) is 0 Å². The van der Waals surface area contributed by atoms with E-state index in [1.165, 1.54) is 12.5 Å². The number of allylic oxidation sites excluding steroid dienone is 4. The molecule has 11 heavy (non-hydrogen) atoms. The minimum absolute atomic E-state index is 0.859. The Kier molecular flexibility index (Phi) is 3.10. The Morgan fingerprint density at radius 1 is 1.45 bits per heavy atom. The van der Waals surface area contributed by atoms with Crippen molar-refractivity contribution < 1.29 is 24.7 Å². The van der Waals surface area contributed by atoms with Crippen LogP contribution in [0, 0.1) is 0 Å². The number of rotatable bonds is 2. The van der Waals surface area contributed by atoms with Crippen LogP contribution in [0.25, 0.3) is 0 Å². The third-order valence-electron chi connectivity index (χ3n) is 1.75. The van der Waals surface area contributed by atoms with Gasteiger partial charge in [0.2, 0.25) is 0 Å². The van der Waals surface area contributed by atoms with E-state index in [1.54, 1.807) is 33.6 Å². The molecule has 0 aromatic carbocycles. The maximum absolute atomic E-state index is 2.44. The molecule has 1 aliphatic rings. The first kappa shape index (κ1) is 9.67. The summed E-state index contributed by atoms with van der Waals surface area (Å²) in [5.41, 5.74) is 1.65. The van der Waals surface area contributed by atoms with E-state index in [0.29, 0.717) is 0 Å². The van der Waals surface area contributed by atoms with Crippen LogP contribution in [0.15, 0.2) is 21.0 Å². The molecule has 1 rings (SSSR count). The molecule has 0 bridgehead atoms. The quantitative estimate of drug-likeness (QED) is 0.653. The Morgan fingerprint density at radius 2 is 2.09 bits per heavy atom. The molecule has 0 unspecified atom stereocenters. The van der Waals surface area contributed by atoms with Gasteiger partial charge in [0.05, 0.1) is 0 Å². The molecule has 0 aromatic heterocycles. The second-order valence-electron chi connectivity index (χ2n) is 4.35. The molecule has 0 radical (unpaired) electrons. The van der Waals surface area contributed by atoms with E-state index >= 15 is 0 Å². The fourth-order valence-corrected chi connectivity index (χ4v) is 3.91. The molecular weight excluding hydrogens is 227 g/mol. The second-order valence-corrected chi connectivity index (χ2v) is 11.3. The average molecular weight is 243 g/mol. The van der Waals surface area contributed by atoms with Gasteiger partial charge >= 0.3 is 85.9 Å². The van der Waals surface area contributed by atoms with Crippen LogP contribution in [0.1, 0.15) is 6.42 Å². The SMILES string of the molecule is C[Si](C)(C)CC1=[C]([Zr])CC=C1. The van der Waals surface area contributed by atoms with Gasteiger partial charge in [0, 0.05) is 0 Å². The first-order valence-corrected chi connectivity index (χ1v) is 9.03. The van der Waals surface area contributed by atoms with Gasteiger partial charge in [0.1, 0.15) is 0 Å². The molecule has 0 fully saturated rings. The van der Waals surface area contributed by atoms with Crippen molar-refractivity contribution in [2.75, 3.05) is 0 Å². The first-order valence-electron chi connectivity index (χ1n) is 4.09. The fraction of sp³-hybridized carbons (Fsp3) is 0.556. The minimum atomic E-state index is -0.859. The van der Waals surface area contributed by atoms with Gasteiger partial charge < -0.3 is 0 Å². The third kappa shape index (κ3) is 3.21. The summed E-state index contributed by atoms with van der Waals surface area (Å²) >= 11 is 1.62. The summed E-state index contributed by atoms with van der Waals surface area (Å²) in [4.78, 5) is 0. The predicted molar refractivity (Wildman–Crippen MR) is 48.9 cm³/mol. The predicted octanol–water partition coefficient (Wildman–Crippen LogP) is 3.09. The van der Waals surface area contributed by atoms with E-state index < -0.39 is 8.07 Å². The molecule has 0 spiro atoms. The van der Waals surface area contributed by atoms with Crippen LogP contribution in [-0.2, 0) is 24.7 Å². The molecule has 0 saturated heterocycles. The number of hydrogen-bond donors (Lipinski definition) is 0. The van der Waals surface area contributed by atoms with E-state index in [9.17, 15) is 0 Å². The van der Waals surface area contributed by atoms with Crippen LogP contribution in [0.2, 0.25) is 25.7 Å². The summed E-state index contributed by atoms with van der Waals surface area (Å²) in [6, 6.07) is 1.38. The van der Waals surface area contributed by atoms with Gasteiger partial charge in [0.15, 0.2) is 0 Å². The average Bonchev–Trinajstić information content (AvgIpc) is 2.12. The van der Waals surface area contributed by atoms with Gasteiger partial charge in [-0.15, -0.1) is 0 Å². The molecular formula is C9H15SiZr. The standard InChI is InChI=1S/C9H15Si.Zr/c1-10(2,3)8-9-6-4-5-7-9;/h4,6H,5,8H2,1-3H3;. The molecule has 0 atom stereocenters. The van der Waals surface area contributed by atoms with Crippen molar-refractivity contribution in [2.24, 2.45) is 0 Å². The van der Waals surface area contributed by atoms with Crippen LogP contribution in [0.5, 0.6) is 0 Å². The Hall–Kier alpha value is 0.580. The van der Waals surface area contributed by atoms with Crippen molar-refractivity contribution in [3.8, 4) is 0 Å². The summed E-state index contributed by atoms with van der Waals surface area (Å²) in [5.74, 6) is 0. The topological polar surface area (TPSA) is 0 Å². The second kappa shape index (κ2) is 3.53. The fourth-order valence-electron chi connectivity index (χ4n) is 1.29. The van der Waals surface area contributed by atoms with Gasteiger partial charge in [0.25, 0.3) is 0 Å². The van der Waals surface area contributed by atoms with Crippen LogP contribution >= 0.6 is 0 Å². The number of hydrogen-bond acceptors (Lipinski definition) is 0. The van der Waals surface area contributed by atoms with E-state index in [0.717, 1.165) is 0 Å². The van der Waals surface area contributed by atoms with Crippen molar-refractivity contribution >= 4 is 8.07 Å². The van der Waals surface area contributed by atoms with Gasteiger partial charge in [-0.3, -0.25) is 0 Å². The van der Waals surface area contributed by atoms with Crippen molar-refractivity contribution in [3.05, 3.63) is 21.0 Å². The summed E-state index contributed by atoms with van der Waals surface area (Å²) in [7, 11) is -0.859. The zero-order valence-electron chi connectivity index (χ0n) is 7.57. The maximum atomic E-state index is 2.44. The molecule has 0 nitrogen and oxygen atoms in total. The monoisotopic (exact) mass is 241 g/mol. The zero-order valence-corrected chi connectivity index (χ0v) is 11.0. The van der Waals surface area contributed by atoms with Crippen molar-refractivity contribution in [1.82, 2.24) is 0 Å². The van der Waals surface area contributed by atoms with Crippen LogP contribution in [-0.4, -0.2) is 8.07 Å². The molecule has 1 aliphatic carbocycles. The van der Waals surface area contributed by atoms with Crippen molar-refractivity contribution in [3.63, 3.8) is 0 Å². The Balaban J connectivity index is 2.63. The molecule has 0 amide bonds. The van der Waals surface area contributed by atoms with Gasteiger partial charge in [-0.1, -0.05) is 0 Å². The molecule has 0 N–H and O–H groups in total. The molecule has 0 heterocycles. The third-order valence-corrected chi connectivity index (χ3v) is 4.48. The molecule has 2 heteroatoms. The summed E-state index contributed by atoms with van der Waals surface area (Å²) in [5, 5.41) is 0. The van der Waals surface area contributed by atoms with Crippen LogP contribution < -0.4 is 0 Å². The van der Waals surface area contributed by atoms with E-state index in [1.807, 2.05) is 0 Å². The van der Waals surface area contributed by atoms with Gasteiger partial charge in [-0.25, -0.2) is 0 Å². The summed E-state index contributed by atoms with van der Waals surface area (Å²) in [6.45, 7) is 7.32. The first-order chi connectivity index (χ1) is 4.99. The molecule has 0 saturated carbocycles. The normalized spacial score (nSPS) is 18.0. The Bertz CT molecular complexity index is 208.